The zero-order valence-electron chi connectivity index (χ0n) is 9.10. The van der Waals surface area contributed by atoms with Crippen molar-refractivity contribution in [2.24, 2.45) is 0 Å². The largest absolute Gasteiger partial charge is 0.362 e. The fraction of sp³-hybridized carbons (Fsp3) is 0.455. The molecule has 2 nitrogen and oxygen atoms in total. The second kappa shape index (κ2) is 9.04. The minimum atomic E-state index is 0. The number of rotatable bonds is 6. The summed E-state index contributed by atoms with van der Waals surface area (Å²) in [6, 6.07) is 10.3. The minimum absolute atomic E-state index is 0. The van der Waals surface area contributed by atoms with Gasteiger partial charge in [0.2, 0.25) is 0 Å². The van der Waals surface area contributed by atoms with E-state index in [4.69, 9.17) is 4.74 Å². The molecule has 1 unspecified atom stereocenters. The maximum Gasteiger partial charge on any atom is 0.142 e. The molecular weight excluding hydrogens is 230 g/mol. The lowest BCUT2D eigenvalue weighted by molar-refractivity contribution is 0.125. The Morgan fingerprint density at radius 2 is 1.93 bits per heavy atom. The number of benzene rings is 1. The van der Waals surface area contributed by atoms with Crippen LogP contribution in [0.4, 0.5) is 0 Å². The zero-order valence-corrected chi connectivity index (χ0v) is 10.7. The highest BCUT2D eigenvalue weighted by Crippen LogP contribution is 2.27. The summed E-state index contributed by atoms with van der Waals surface area (Å²) >= 11 is 1.63. The van der Waals surface area contributed by atoms with E-state index in [-0.39, 0.29) is 17.8 Å². The molecule has 0 saturated heterocycles. The molecule has 15 heavy (non-hydrogen) atoms. The number of ether oxygens (including phenoxy) is 1. The second-order valence-corrected chi connectivity index (χ2v) is 3.77. The molecule has 4 heteroatoms. The van der Waals surface area contributed by atoms with Gasteiger partial charge >= 0.3 is 0 Å². The first-order chi connectivity index (χ1) is 6.88. The lowest BCUT2D eigenvalue weighted by Gasteiger charge is -2.16. The predicted octanol–water partition coefficient (Wildman–Crippen LogP) is 3.40. The topological polar surface area (TPSA) is 21.3 Å². The van der Waals surface area contributed by atoms with Crippen molar-refractivity contribution in [2.75, 3.05) is 13.2 Å². The Kier molecular flexibility index (Phi) is 8.91. The number of nitrogens with one attached hydrogen (secondary N) is 1. The maximum absolute atomic E-state index is 5.63. The molecule has 0 aliphatic heterocycles. The summed E-state index contributed by atoms with van der Waals surface area (Å²) in [7, 11) is 0. The summed E-state index contributed by atoms with van der Waals surface area (Å²) in [6.07, 6.45) is 0. The van der Waals surface area contributed by atoms with Crippen LogP contribution in [-0.2, 0) is 4.74 Å². The maximum atomic E-state index is 5.63. The highest BCUT2D eigenvalue weighted by Gasteiger charge is 2.10. The first-order valence-corrected chi connectivity index (χ1v) is 5.81. The van der Waals surface area contributed by atoms with Crippen LogP contribution in [0, 0.1) is 0 Å². The number of hydrogen-bond donors (Lipinski definition) is 1. The van der Waals surface area contributed by atoms with Crippen molar-refractivity contribution in [3.8, 4) is 0 Å². The van der Waals surface area contributed by atoms with Crippen LogP contribution in [0.1, 0.15) is 24.8 Å². The molecule has 0 aromatic heterocycles. The molecule has 0 bridgehead atoms. The third kappa shape index (κ3) is 5.42. The summed E-state index contributed by atoms with van der Waals surface area (Å²) in [5.41, 5.74) is 1.31. The van der Waals surface area contributed by atoms with Crippen molar-refractivity contribution in [3.05, 3.63) is 35.9 Å². The van der Waals surface area contributed by atoms with E-state index in [2.05, 4.69) is 23.8 Å². The first kappa shape index (κ1) is 14.8. The van der Waals surface area contributed by atoms with Gasteiger partial charge in [-0.15, -0.1) is 12.4 Å². The van der Waals surface area contributed by atoms with Crippen molar-refractivity contribution >= 4 is 24.4 Å². The van der Waals surface area contributed by atoms with Crippen molar-refractivity contribution in [2.45, 2.75) is 19.3 Å². The van der Waals surface area contributed by atoms with E-state index < -0.39 is 0 Å². The average molecular weight is 248 g/mol. The lowest BCUT2D eigenvalue weighted by Crippen LogP contribution is -2.09. The van der Waals surface area contributed by atoms with Gasteiger partial charge in [0.15, 0.2) is 0 Å². The molecule has 1 aromatic rings. The monoisotopic (exact) mass is 247 g/mol. The fourth-order valence-electron chi connectivity index (χ4n) is 1.12. The normalized spacial score (nSPS) is 11.9. The quantitative estimate of drug-likeness (QED) is 0.615. The Morgan fingerprint density at radius 3 is 2.47 bits per heavy atom. The van der Waals surface area contributed by atoms with Crippen molar-refractivity contribution < 1.29 is 4.74 Å². The fourth-order valence-corrected chi connectivity index (χ4v) is 1.93. The molecule has 1 atom stereocenters. The lowest BCUT2D eigenvalue weighted by atomic mass is 10.2. The van der Waals surface area contributed by atoms with Crippen LogP contribution in [0.25, 0.3) is 0 Å². The molecule has 0 fully saturated rings. The van der Waals surface area contributed by atoms with Gasteiger partial charge in [0.25, 0.3) is 0 Å². The molecule has 0 aliphatic carbocycles. The third-order valence-corrected chi connectivity index (χ3v) is 2.80. The first-order valence-electron chi connectivity index (χ1n) is 4.93. The number of halogens is 1. The van der Waals surface area contributed by atoms with Crippen LogP contribution in [0.5, 0.6) is 0 Å². The molecule has 1 aromatic carbocycles. The zero-order chi connectivity index (χ0) is 10.2. The van der Waals surface area contributed by atoms with Crippen molar-refractivity contribution in [1.82, 2.24) is 4.72 Å². The summed E-state index contributed by atoms with van der Waals surface area (Å²) in [5.74, 6) is 0. The third-order valence-electron chi connectivity index (χ3n) is 1.72. The minimum Gasteiger partial charge on any atom is -0.362 e. The standard InChI is InChI=1S/C11H17NOS.ClH/c1-3-12-14-11(13-4-2)10-8-6-5-7-9-10;/h5-9,11-12H,3-4H2,1-2H3;1H. The van der Waals surface area contributed by atoms with Crippen LogP contribution in [0.15, 0.2) is 30.3 Å². The molecule has 0 radical (unpaired) electrons. The molecule has 0 heterocycles. The summed E-state index contributed by atoms with van der Waals surface area (Å²) in [4.78, 5) is 0. The van der Waals surface area contributed by atoms with Gasteiger partial charge in [0.1, 0.15) is 5.44 Å². The Morgan fingerprint density at radius 1 is 1.27 bits per heavy atom. The highest BCUT2D eigenvalue weighted by molar-refractivity contribution is 7.97. The van der Waals surface area contributed by atoms with Gasteiger partial charge in [-0.2, -0.15) is 0 Å². The Bertz CT molecular complexity index is 246. The van der Waals surface area contributed by atoms with E-state index in [1.807, 2.05) is 25.1 Å². The van der Waals surface area contributed by atoms with Gasteiger partial charge in [0.05, 0.1) is 0 Å². The van der Waals surface area contributed by atoms with Gasteiger partial charge in [-0.25, -0.2) is 0 Å². The molecular formula is C11H18ClNOS. The second-order valence-electron chi connectivity index (χ2n) is 2.81. The van der Waals surface area contributed by atoms with Crippen molar-refractivity contribution in [3.63, 3.8) is 0 Å². The number of hydrogen-bond acceptors (Lipinski definition) is 3. The molecule has 0 saturated carbocycles. The van der Waals surface area contributed by atoms with E-state index in [0.29, 0.717) is 0 Å². The van der Waals surface area contributed by atoms with Crippen molar-refractivity contribution in [1.29, 1.82) is 0 Å². The molecule has 86 valence electrons. The van der Waals surface area contributed by atoms with Crippen LogP contribution in [0.3, 0.4) is 0 Å². The highest BCUT2D eigenvalue weighted by atomic mass is 35.5. The molecule has 0 spiro atoms. The van der Waals surface area contributed by atoms with E-state index >= 15 is 0 Å². The van der Waals surface area contributed by atoms with E-state index in [1.165, 1.54) is 5.56 Å². The van der Waals surface area contributed by atoms with Crippen LogP contribution >= 0.6 is 24.4 Å². The SMILES string of the molecule is CCNSC(OCC)c1ccccc1.Cl. The van der Waals surface area contributed by atoms with E-state index in [9.17, 15) is 0 Å². The van der Waals surface area contributed by atoms with Crippen LogP contribution in [0.2, 0.25) is 0 Å². The van der Waals surface area contributed by atoms with Gasteiger partial charge in [-0.05, 0) is 24.4 Å². The van der Waals surface area contributed by atoms with Gasteiger partial charge in [-0.3, -0.25) is 4.72 Å². The molecule has 1 N–H and O–H groups in total. The molecule has 0 aliphatic rings. The summed E-state index contributed by atoms with van der Waals surface area (Å²) < 4.78 is 8.85. The van der Waals surface area contributed by atoms with Crippen LogP contribution in [-0.4, -0.2) is 13.2 Å². The summed E-state index contributed by atoms with van der Waals surface area (Å²) in [5, 5.41) is 0. The Balaban J connectivity index is 0.00000196. The van der Waals surface area contributed by atoms with E-state index in [1.54, 1.807) is 11.9 Å². The average Bonchev–Trinajstić information content (AvgIpc) is 2.25. The predicted molar refractivity (Wildman–Crippen MR) is 69.3 cm³/mol. The van der Waals surface area contributed by atoms with Gasteiger partial charge < -0.3 is 4.74 Å². The van der Waals surface area contributed by atoms with Gasteiger partial charge in [-0.1, -0.05) is 37.3 Å². The van der Waals surface area contributed by atoms with Gasteiger partial charge in [0, 0.05) is 13.2 Å². The molecule has 0 amide bonds. The Hall–Kier alpha value is -0.220. The van der Waals surface area contributed by atoms with E-state index in [0.717, 1.165) is 13.2 Å². The molecule has 1 rings (SSSR count). The Labute approximate surface area is 102 Å². The van der Waals surface area contributed by atoms with Crippen LogP contribution < -0.4 is 4.72 Å². The smallest absolute Gasteiger partial charge is 0.142 e. The summed E-state index contributed by atoms with van der Waals surface area (Å²) in [6.45, 7) is 5.78.